The molecule has 84 valence electrons. The van der Waals surface area contributed by atoms with Crippen LogP contribution in [-0.4, -0.2) is 11.8 Å². The molecule has 0 aliphatic carbocycles. The van der Waals surface area contributed by atoms with Gasteiger partial charge in [0.05, 0.1) is 11.4 Å². The Labute approximate surface area is 89.8 Å². The molecule has 0 spiro atoms. The molecule has 0 saturated heterocycles. The molecule has 1 unspecified atom stereocenters. The number of furan rings is 1. The van der Waals surface area contributed by atoms with E-state index in [1.807, 2.05) is 0 Å². The average Bonchev–Trinajstić information content (AvgIpc) is 2.60. The summed E-state index contributed by atoms with van der Waals surface area (Å²) in [7, 11) is 0. The summed E-state index contributed by atoms with van der Waals surface area (Å²) in [5.74, 6) is -2.02. The van der Waals surface area contributed by atoms with E-state index in [1.54, 1.807) is 0 Å². The number of Topliss-reactive ketones (excluding diaryl/α,β-unsaturated/α-hetero) is 1. The van der Waals surface area contributed by atoms with Crippen LogP contribution in [0, 0.1) is 11.6 Å². The van der Waals surface area contributed by atoms with Crippen LogP contribution in [0.15, 0.2) is 22.6 Å². The Bertz CT molecular complexity index is 560. The van der Waals surface area contributed by atoms with Crippen LogP contribution < -0.4 is 5.73 Å². The van der Waals surface area contributed by atoms with Gasteiger partial charge >= 0.3 is 0 Å². The number of nitrogens with two attached hydrogens (primary N) is 1. The molecule has 1 atom stereocenters. The molecule has 1 aromatic carbocycles. The Hall–Kier alpha value is -1.75. The van der Waals surface area contributed by atoms with Crippen LogP contribution in [0.25, 0.3) is 11.0 Å². The maximum atomic E-state index is 13.3. The maximum Gasteiger partial charge on any atom is 0.214 e. The van der Waals surface area contributed by atoms with Crippen molar-refractivity contribution in [1.29, 1.82) is 0 Å². The first kappa shape index (κ1) is 10.8. The minimum atomic E-state index is -0.762. The molecule has 5 heteroatoms. The second-order valence-electron chi connectivity index (χ2n) is 3.56. The Morgan fingerprint density at radius 2 is 2.06 bits per heavy atom. The minimum Gasteiger partial charge on any atom is -0.453 e. The molecule has 1 aromatic heterocycles. The lowest BCUT2D eigenvalue weighted by Gasteiger charge is -1.98. The Morgan fingerprint density at radius 1 is 1.38 bits per heavy atom. The van der Waals surface area contributed by atoms with Gasteiger partial charge in [0.15, 0.2) is 5.76 Å². The van der Waals surface area contributed by atoms with Gasteiger partial charge in [0.25, 0.3) is 0 Å². The van der Waals surface area contributed by atoms with E-state index < -0.39 is 23.5 Å². The zero-order valence-corrected chi connectivity index (χ0v) is 8.46. The molecular weight excluding hydrogens is 216 g/mol. The standard InChI is InChI=1S/C11H9F2NO2/c1-5(14)11(15)10-4-7-8(13)2-6(12)3-9(7)16-10/h2-5H,14H2,1H3. The van der Waals surface area contributed by atoms with Gasteiger partial charge in [-0.15, -0.1) is 0 Å². The summed E-state index contributed by atoms with van der Waals surface area (Å²) < 4.78 is 31.2. The van der Waals surface area contributed by atoms with Gasteiger partial charge in [-0.1, -0.05) is 0 Å². The Balaban J connectivity index is 2.60. The van der Waals surface area contributed by atoms with E-state index in [2.05, 4.69) is 0 Å². The Kier molecular flexibility index (Phi) is 2.47. The number of hydrogen-bond donors (Lipinski definition) is 1. The van der Waals surface area contributed by atoms with E-state index in [0.717, 1.165) is 12.1 Å². The van der Waals surface area contributed by atoms with Crippen molar-refractivity contribution in [2.24, 2.45) is 5.73 Å². The highest BCUT2D eigenvalue weighted by Gasteiger charge is 2.18. The molecule has 2 aromatic rings. The van der Waals surface area contributed by atoms with Crippen LogP contribution in [0.3, 0.4) is 0 Å². The van der Waals surface area contributed by atoms with Crippen molar-refractivity contribution in [3.63, 3.8) is 0 Å². The number of benzene rings is 1. The fourth-order valence-corrected chi connectivity index (χ4v) is 1.41. The predicted octanol–water partition coefficient (Wildman–Crippen LogP) is 2.24. The molecule has 0 amide bonds. The number of rotatable bonds is 2. The van der Waals surface area contributed by atoms with Gasteiger partial charge < -0.3 is 10.2 Å². The van der Waals surface area contributed by atoms with Gasteiger partial charge in [-0.3, -0.25) is 4.79 Å². The fraction of sp³-hybridized carbons (Fsp3) is 0.182. The van der Waals surface area contributed by atoms with E-state index in [-0.39, 0.29) is 16.7 Å². The molecule has 16 heavy (non-hydrogen) atoms. The average molecular weight is 225 g/mol. The summed E-state index contributed by atoms with van der Waals surface area (Å²) in [4.78, 5) is 11.5. The molecule has 0 aliphatic rings. The number of carbonyl (C=O) groups is 1. The van der Waals surface area contributed by atoms with Gasteiger partial charge in [-0.05, 0) is 13.0 Å². The Morgan fingerprint density at radius 3 is 2.69 bits per heavy atom. The quantitative estimate of drug-likeness (QED) is 0.797. The topological polar surface area (TPSA) is 56.2 Å². The lowest BCUT2D eigenvalue weighted by Crippen LogP contribution is -2.26. The monoisotopic (exact) mass is 225 g/mol. The van der Waals surface area contributed by atoms with Gasteiger partial charge in [-0.25, -0.2) is 8.78 Å². The maximum absolute atomic E-state index is 13.3. The lowest BCUT2D eigenvalue weighted by molar-refractivity contribution is 0.0943. The first-order chi connectivity index (χ1) is 7.49. The molecule has 0 fully saturated rings. The van der Waals surface area contributed by atoms with Crippen LogP contribution in [0.5, 0.6) is 0 Å². The van der Waals surface area contributed by atoms with Gasteiger partial charge in [-0.2, -0.15) is 0 Å². The van der Waals surface area contributed by atoms with Crippen LogP contribution in [0.2, 0.25) is 0 Å². The third kappa shape index (κ3) is 1.69. The fourth-order valence-electron chi connectivity index (χ4n) is 1.41. The van der Waals surface area contributed by atoms with E-state index in [1.165, 1.54) is 13.0 Å². The number of fused-ring (bicyclic) bond motifs is 1. The summed E-state index contributed by atoms with van der Waals surface area (Å²) in [6.45, 7) is 1.49. The molecule has 0 saturated carbocycles. The second-order valence-corrected chi connectivity index (χ2v) is 3.56. The molecule has 2 N–H and O–H groups in total. The molecule has 0 aliphatic heterocycles. The summed E-state index contributed by atoms with van der Waals surface area (Å²) in [5.41, 5.74) is 5.38. The first-order valence-corrected chi connectivity index (χ1v) is 4.67. The highest BCUT2D eigenvalue weighted by Crippen LogP contribution is 2.24. The SMILES string of the molecule is CC(N)C(=O)c1cc2c(F)cc(F)cc2o1. The second kappa shape index (κ2) is 3.68. The smallest absolute Gasteiger partial charge is 0.214 e. The van der Waals surface area contributed by atoms with Gasteiger partial charge in [0.1, 0.15) is 17.2 Å². The van der Waals surface area contributed by atoms with E-state index >= 15 is 0 Å². The molecule has 1 heterocycles. The molecule has 2 rings (SSSR count). The molecular formula is C11H9F2NO2. The van der Waals surface area contributed by atoms with Crippen LogP contribution >= 0.6 is 0 Å². The largest absolute Gasteiger partial charge is 0.453 e. The first-order valence-electron chi connectivity index (χ1n) is 4.67. The predicted molar refractivity (Wildman–Crippen MR) is 54.1 cm³/mol. The normalized spacial score (nSPS) is 13.0. The van der Waals surface area contributed by atoms with E-state index in [0.29, 0.717) is 0 Å². The zero-order valence-electron chi connectivity index (χ0n) is 8.46. The number of hydrogen-bond acceptors (Lipinski definition) is 3. The zero-order chi connectivity index (χ0) is 11.9. The minimum absolute atomic E-state index is 0.00139. The molecule has 3 nitrogen and oxygen atoms in total. The third-order valence-electron chi connectivity index (χ3n) is 2.21. The van der Waals surface area contributed by atoms with Crippen molar-refractivity contribution in [2.75, 3.05) is 0 Å². The van der Waals surface area contributed by atoms with Crippen molar-refractivity contribution in [2.45, 2.75) is 13.0 Å². The van der Waals surface area contributed by atoms with Gasteiger partial charge in [0.2, 0.25) is 5.78 Å². The number of carbonyl (C=O) groups excluding carboxylic acids is 1. The van der Waals surface area contributed by atoms with Crippen molar-refractivity contribution in [3.8, 4) is 0 Å². The highest BCUT2D eigenvalue weighted by molar-refractivity contribution is 6.00. The third-order valence-corrected chi connectivity index (χ3v) is 2.21. The summed E-state index contributed by atoms with van der Waals surface area (Å²) in [6.07, 6.45) is 0. The van der Waals surface area contributed by atoms with Crippen molar-refractivity contribution in [1.82, 2.24) is 0 Å². The summed E-state index contributed by atoms with van der Waals surface area (Å²) in [6, 6.07) is 2.25. The summed E-state index contributed by atoms with van der Waals surface area (Å²) >= 11 is 0. The van der Waals surface area contributed by atoms with Gasteiger partial charge in [0, 0.05) is 12.1 Å². The summed E-state index contributed by atoms with van der Waals surface area (Å²) in [5, 5.41) is 0.0744. The van der Waals surface area contributed by atoms with Crippen LogP contribution in [0.4, 0.5) is 8.78 Å². The van der Waals surface area contributed by atoms with E-state index in [4.69, 9.17) is 10.2 Å². The molecule has 0 bridgehead atoms. The number of halogens is 2. The molecule has 0 radical (unpaired) electrons. The van der Waals surface area contributed by atoms with Crippen LogP contribution in [-0.2, 0) is 0 Å². The van der Waals surface area contributed by atoms with E-state index in [9.17, 15) is 13.6 Å². The lowest BCUT2D eigenvalue weighted by atomic mass is 10.1. The number of ketones is 1. The highest BCUT2D eigenvalue weighted by atomic mass is 19.1. The van der Waals surface area contributed by atoms with Crippen molar-refractivity contribution in [3.05, 3.63) is 35.6 Å². The van der Waals surface area contributed by atoms with Crippen molar-refractivity contribution < 1.29 is 18.0 Å². The van der Waals surface area contributed by atoms with Crippen LogP contribution in [0.1, 0.15) is 17.5 Å². The van der Waals surface area contributed by atoms with Crippen molar-refractivity contribution >= 4 is 16.8 Å².